The minimum Gasteiger partial charge on any atom is -0.347 e. The van der Waals surface area contributed by atoms with Crippen LogP contribution >= 0.6 is 0 Å². The van der Waals surface area contributed by atoms with E-state index in [9.17, 15) is 9.59 Å². The first-order valence-electron chi connectivity index (χ1n) is 5.82. The Morgan fingerprint density at radius 1 is 1.56 bits per heavy atom. The number of fused-ring (bicyclic) bond motifs is 1. The number of piperidine rings is 1. The zero-order valence-corrected chi connectivity index (χ0v) is 9.90. The van der Waals surface area contributed by atoms with E-state index in [0.29, 0.717) is 6.54 Å². The van der Waals surface area contributed by atoms with E-state index >= 15 is 0 Å². The summed E-state index contributed by atoms with van der Waals surface area (Å²) in [6.07, 6.45) is 2.02. The number of amides is 2. The van der Waals surface area contributed by atoms with E-state index in [0.717, 1.165) is 19.4 Å². The van der Waals surface area contributed by atoms with Gasteiger partial charge in [0.25, 0.3) is 0 Å². The lowest BCUT2D eigenvalue weighted by Crippen LogP contribution is -2.41. The number of hydrogen-bond donors (Lipinski definition) is 1. The lowest BCUT2D eigenvalue weighted by molar-refractivity contribution is -0.138. The highest BCUT2D eigenvalue weighted by atomic mass is 16.2. The molecule has 0 bridgehead atoms. The number of likely N-dealkylation sites (tertiary alicyclic amines) is 1. The van der Waals surface area contributed by atoms with Crippen molar-refractivity contribution >= 4 is 11.8 Å². The van der Waals surface area contributed by atoms with Gasteiger partial charge in [-0.15, -0.1) is 0 Å². The van der Waals surface area contributed by atoms with Crippen molar-refractivity contribution in [3.05, 3.63) is 0 Å². The van der Waals surface area contributed by atoms with Gasteiger partial charge in [0.1, 0.15) is 0 Å². The molecule has 0 aromatic rings. The molecule has 1 N–H and O–H groups in total. The van der Waals surface area contributed by atoms with Crippen molar-refractivity contribution < 1.29 is 9.59 Å². The van der Waals surface area contributed by atoms with Crippen molar-refractivity contribution in [2.45, 2.75) is 18.9 Å². The highest BCUT2D eigenvalue weighted by Gasteiger charge is 2.41. The third-order valence-corrected chi connectivity index (χ3v) is 3.46. The van der Waals surface area contributed by atoms with E-state index in [-0.39, 0.29) is 30.3 Å². The van der Waals surface area contributed by atoms with Gasteiger partial charge in [-0.2, -0.15) is 0 Å². The summed E-state index contributed by atoms with van der Waals surface area (Å²) in [7, 11) is 3.43. The Hall–Kier alpha value is -1.10. The number of carbonyl (C=O) groups is 2. The van der Waals surface area contributed by atoms with Crippen LogP contribution in [0.4, 0.5) is 0 Å². The van der Waals surface area contributed by atoms with E-state index in [1.165, 1.54) is 4.90 Å². The van der Waals surface area contributed by atoms with Crippen LogP contribution in [-0.4, -0.2) is 61.4 Å². The van der Waals surface area contributed by atoms with E-state index in [1.807, 2.05) is 0 Å². The number of nitrogens with zero attached hydrogens (tertiary/aromatic N) is 2. The van der Waals surface area contributed by atoms with Gasteiger partial charge in [0.05, 0.1) is 12.5 Å². The van der Waals surface area contributed by atoms with Crippen LogP contribution in [0.2, 0.25) is 0 Å². The maximum Gasteiger partial charge on any atom is 0.241 e. The smallest absolute Gasteiger partial charge is 0.241 e. The average Bonchev–Trinajstić information content (AvgIpc) is 2.56. The van der Waals surface area contributed by atoms with Crippen LogP contribution < -0.4 is 5.32 Å². The number of hydrogen-bond acceptors (Lipinski definition) is 3. The van der Waals surface area contributed by atoms with Gasteiger partial charge in [0, 0.05) is 26.7 Å². The second kappa shape index (κ2) is 4.41. The van der Waals surface area contributed by atoms with Gasteiger partial charge in [-0.3, -0.25) is 9.59 Å². The summed E-state index contributed by atoms with van der Waals surface area (Å²) in [6, 6.07) is 0.260. The molecular weight excluding hydrogens is 206 g/mol. The second-order valence-electron chi connectivity index (χ2n) is 4.82. The molecule has 2 aliphatic rings. The van der Waals surface area contributed by atoms with Gasteiger partial charge in [0.15, 0.2) is 0 Å². The van der Waals surface area contributed by atoms with Crippen LogP contribution in [-0.2, 0) is 9.59 Å². The van der Waals surface area contributed by atoms with Crippen molar-refractivity contribution in [2.24, 2.45) is 5.92 Å². The molecule has 2 rings (SSSR count). The lowest BCUT2D eigenvalue weighted by atomic mass is 9.94. The van der Waals surface area contributed by atoms with E-state index in [2.05, 4.69) is 5.32 Å². The van der Waals surface area contributed by atoms with E-state index < -0.39 is 0 Å². The van der Waals surface area contributed by atoms with Gasteiger partial charge in [-0.25, -0.2) is 0 Å². The van der Waals surface area contributed by atoms with Crippen LogP contribution in [0.1, 0.15) is 12.8 Å². The van der Waals surface area contributed by atoms with Crippen molar-refractivity contribution in [2.75, 3.05) is 33.7 Å². The van der Waals surface area contributed by atoms with Crippen LogP contribution in [0.5, 0.6) is 0 Å². The molecule has 5 nitrogen and oxygen atoms in total. The molecule has 16 heavy (non-hydrogen) atoms. The first-order valence-corrected chi connectivity index (χ1v) is 5.82. The maximum atomic E-state index is 12.0. The fraction of sp³-hybridized carbons (Fsp3) is 0.818. The molecule has 2 amide bonds. The molecule has 90 valence electrons. The van der Waals surface area contributed by atoms with Crippen molar-refractivity contribution in [1.29, 1.82) is 0 Å². The molecule has 2 saturated heterocycles. The third-order valence-electron chi connectivity index (χ3n) is 3.46. The number of carbonyl (C=O) groups excluding carboxylic acids is 2. The van der Waals surface area contributed by atoms with Crippen molar-refractivity contribution in [3.63, 3.8) is 0 Å². The average molecular weight is 225 g/mol. The van der Waals surface area contributed by atoms with Crippen LogP contribution in [0, 0.1) is 5.92 Å². The van der Waals surface area contributed by atoms with Gasteiger partial charge in [-0.05, 0) is 19.4 Å². The quantitative estimate of drug-likeness (QED) is 0.675. The summed E-state index contributed by atoms with van der Waals surface area (Å²) in [5, 5.41) is 3.36. The molecule has 2 unspecified atom stereocenters. The Bertz CT molecular complexity index is 304. The molecule has 0 aromatic carbocycles. The molecule has 2 heterocycles. The highest BCUT2D eigenvalue weighted by Crippen LogP contribution is 2.25. The van der Waals surface area contributed by atoms with Crippen LogP contribution in [0.3, 0.4) is 0 Å². The van der Waals surface area contributed by atoms with Crippen LogP contribution in [0.25, 0.3) is 0 Å². The molecule has 0 radical (unpaired) electrons. The topological polar surface area (TPSA) is 52.7 Å². The van der Waals surface area contributed by atoms with Gasteiger partial charge in [0.2, 0.25) is 11.8 Å². The highest BCUT2D eigenvalue weighted by molar-refractivity contribution is 5.87. The molecule has 0 spiro atoms. The predicted octanol–water partition coefficient (Wildman–Crippen LogP) is -0.715. The maximum absolute atomic E-state index is 12.0. The van der Waals surface area contributed by atoms with Crippen molar-refractivity contribution in [3.8, 4) is 0 Å². The molecule has 5 heteroatoms. The molecule has 2 fully saturated rings. The zero-order valence-electron chi connectivity index (χ0n) is 9.90. The molecular formula is C11H19N3O2. The van der Waals surface area contributed by atoms with Crippen LogP contribution in [0.15, 0.2) is 0 Å². The zero-order chi connectivity index (χ0) is 11.7. The Morgan fingerprint density at radius 2 is 2.31 bits per heavy atom. The summed E-state index contributed by atoms with van der Waals surface area (Å²) >= 11 is 0. The molecule has 0 aromatic heterocycles. The van der Waals surface area contributed by atoms with Gasteiger partial charge in [-0.1, -0.05) is 0 Å². The monoisotopic (exact) mass is 225 g/mol. The normalized spacial score (nSPS) is 29.1. The first-order chi connectivity index (χ1) is 7.59. The fourth-order valence-corrected chi connectivity index (χ4v) is 2.45. The predicted molar refractivity (Wildman–Crippen MR) is 59.8 cm³/mol. The van der Waals surface area contributed by atoms with Crippen molar-refractivity contribution in [1.82, 2.24) is 15.1 Å². The molecule has 0 aliphatic carbocycles. The summed E-state index contributed by atoms with van der Waals surface area (Å²) in [6.45, 7) is 1.90. The summed E-state index contributed by atoms with van der Waals surface area (Å²) < 4.78 is 0. The minimum atomic E-state index is -0.00741. The number of nitrogens with one attached hydrogen (secondary N) is 1. The SMILES string of the molecule is CN(C)C(=O)CN1CC2NCCCC2C1=O. The largest absolute Gasteiger partial charge is 0.347 e. The Balaban J connectivity index is 1.97. The lowest BCUT2D eigenvalue weighted by Gasteiger charge is -2.23. The first kappa shape index (κ1) is 11.4. The Morgan fingerprint density at radius 3 is 2.94 bits per heavy atom. The summed E-state index contributed by atoms with van der Waals surface area (Å²) in [5.74, 6) is 0.239. The number of rotatable bonds is 2. The Kier molecular flexibility index (Phi) is 3.14. The van der Waals surface area contributed by atoms with Gasteiger partial charge < -0.3 is 15.1 Å². The summed E-state index contributed by atoms with van der Waals surface area (Å²) in [5.41, 5.74) is 0. The molecule has 2 aliphatic heterocycles. The molecule has 2 atom stereocenters. The standard InChI is InChI=1S/C11H19N3O2/c1-13(2)10(15)7-14-6-9-8(11(14)16)4-3-5-12-9/h8-9,12H,3-7H2,1-2H3. The van der Waals surface area contributed by atoms with Gasteiger partial charge >= 0.3 is 0 Å². The fourth-order valence-electron chi connectivity index (χ4n) is 2.45. The van der Waals surface area contributed by atoms with E-state index in [1.54, 1.807) is 19.0 Å². The van der Waals surface area contributed by atoms with E-state index in [4.69, 9.17) is 0 Å². The number of likely N-dealkylation sites (N-methyl/N-ethyl adjacent to an activating group) is 1. The summed E-state index contributed by atoms with van der Waals surface area (Å²) in [4.78, 5) is 26.8. The second-order valence-corrected chi connectivity index (χ2v) is 4.82. The Labute approximate surface area is 95.8 Å². The minimum absolute atomic E-state index is 0.00741. The third kappa shape index (κ3) is 2.04. The molecule has 0 saturated carbocycles.